The fourth-order valence-electron chi connectivity index (χ4n) is 4.07. The average Bonchev–Trinajstić information content (AvgIpc) is 3.16. The van der Waals surface area contributed by atoms with Crippen molar-refractivity contribution in [3.63, 3.8) is 0 Å². The van der Waals surface area contributed by atoms with E-state index in [1.807, 2.05) is 85.2 Å². The first-order valence-corrected chi connectivity index (χ1v) is 21.1. The number of aromatic nitrogens is 4. The van der Waals surface area contributed by atoms with E-state index in [0.29, 0.717) is 21.7 Å². The predicted molar refractivity (Wildman–Crippen MR) is 281 cm³/mol. The van der Waals surface area contributed by atoms with Gasteiger partial charge in [0.2, 0.25) is 0 Å². The highest BCUT2D eigenvalue weighted by atomic mass is 14.8. The molecular formula is C58H84N4. The maximum Gasteiger partial charge on any atom is 0.0886 e. The van der Waals surface area contributed by atoms with E-state index in [2.05, 4.69) is 204 Å². The highest BCUT2D eigenvalue weighted by Gasteiger charge is 1.97. The number of nitrogens with zero attached hydrogens (tertiary/aromatic N) is 4. The zero-order valence-electron chi connectivity index (χ0n) is 40.0. The molecule has 336 valence electrons. The van der Waals surface area contributed by atoms with Crippen molar-refractivity contribution in [2.24, 2.45) is 21.7 Å². The van der Waals surface area contributed by atoms with E-state index in [1.54, 1.807) is 12.4 Å². The van der Waals surface area contributed by atoms with Crippen LogP contribution < -0.4 is 0 Å². The van der Waals surface area contributed by atoms with Crippen molar-refractivity contribution >= 4 is 43.6 Å². The Hall–Kier alpha value is -5.48. The van der Waals surface area contributed by atoms with Crippen molar-refractivity contribution in [1.29, 1.82) is 0 Å². The second kappa shape index (κ2) is 29.7. The van der Waals surface area contributed by atoms with E-state index in [9.17, 15) is 0 Å². The van der Waals surface area contributed by atoms with E-state index < -0.39 is 0 Å². The van der Waals surface area contributed by atoms with E-state index in [1.165, 1.54) is 21.5 Å². The zero-order valence-corrected chi connectivity index (χ0v) is 40.0. The maximum absolute atomic E-state index is 4.18. The Balaban J connectivity index is 0. The molecule has 62 heavy (non-hydrogen) atoms. The molecule has 0 radical (unpaired) electrons. The van der Waals surface area contributed by atoms with Gasteiger partial charge in [-0.2, -0.15) is 0 Å². The summed E-state index contributed by atoms with van der Waals surface area (Å²) in [5.41, 5.74) is 6.02. The maximum atomic E-state index is 4.18. The molecule has 0 saturated heterocycles. The van der Waals surface area contributed by atoms with Crippen molar-refractivity contribution in [2.75, 3.05) is 0 Å². The van der Waals surface area contributed by atoms with E-state index >= 15 is 0 Å². The summed E-state index contributed by atoms with van der Waals surface area (Å²) in [5, 5.41) is 5.02. The van der Waals surface area contributed by atoms with Crippen molar-refractivity contribution in [3.8, 4) is 0 Å². The molecule has 0 bridgehead atoms. The third-order valence-corrected chi connectivity index (χ3v) is 6.06. The second-order valence-corrected chi connectivity index (χ2v) is 20.8. The zero-order chi connectivity index (χ0) is 45.2. The number of hydrogen-bond acceptors (Lipinski definition) is 4. The van der Waals surface area contributed by atoms with Crippen molar-refractivity contribution in [1.82, 2.24) is 19.9 Å². The van der Waals surface area contributed by atoms with Gasteiger partial charge in [-0.05, 0) is 68.8 Å². The molecule has 3 heterocycles. The Morgan fingerprint density at radius 2 is 0.403 bits per heavy atom. The van der Waals surface area contributed by atoms with Crippen molar-refractivity contribution in [3.05, 3.63) is 170 Å². The molecule has 0 unspecified atom stereocenters. The second-order valence-electron chi connectivity index (χ2n) is 20.8. The largest absolute Gasteiger partial charge is 0.256 e. The first kappa shape index (κ1) is 58.6. The van der Waals surface area contributed by atoms with Crippen LogP contribution in [0.5, 0.6) is 0 Å². The van der Waals surface area contributed by atoms with Gasteiger partial charge in [-0.3, -0.25) is 19.9 Å². The molecule has 0 spiro atoms. The highest BCUT2D eigenvalue weighted by molar-refractivity contribution is 5.82. The Kier molecular flexibility index (Phi) is 28.1. The lowest BCUT2D eigenvalue weighted by molar-refractivity contribution is 0.469. The molecule has 4 heteroatoms. The van der Waals surface area contributed by atoms with Crippen LogP contribution >= 0.6 is 0 Å². The minimum atomic E-state index is 0. The number of para-hydroxylation sites is 4. The SMILES string of the molecule is C.C.CC(C)(C)C.CC(C)(C)C.CC(C)(C)C.CC(C)(C)C.c1ccc2ccccc2c1.c1ccc2ncccc2c1.c1ccc2ncccc2c1.c1ccc2nccnc2c1. The van der Waals surface area contributed by atoms with Crippen molar-refractivity contribution in [2.45, 2.75) is 126 Å². The van der Waals surface area contributed by atoms with Crippen LogP contribution in [-0.2, 0) is 0 Å². The van der Waals surface area contributed by atoms with Crippen LogP contribution in [0.4, 0.5) is 0 Å². The standard InChI is InChI=1S/C10H8.2C9H7N.C8H6N2.4C5H12.2CH4/c1-2-6-10-8-4-3-7-9(10)5-1;2*1-2-6-9-8(4-1)5-3-7-10-9;1-2-4-8-7(3-1)9-5-6-10-8;4*1-5(2,3)4;;/h1-8H;2*1-7H;1-6H;4*1-4H3;2*1H4. The van der Waals surface area contributed by atoms with Gasteiger partial charge in [0.25, 0.3) is 0 Å². The number of fused-ring (bicyclic) bond motifs is 4. The summed E-state index contributed by atoms with van der Waals surface area (Å²) >= 11 is 0. The Morgan fingerprint density at radius 1 is 0.226 bits per heavy atom. The monoisotopic (exact) mass is 837 g/mol. The molecule has 0 N–H and O–H groups in total. The lowest BCUT2D eigenvalue weighted by Crippen LogP contribution is -1.93. The summed E-state index contributed by atoms with van der Waals surface area (Å²) in [7, 11) is 0. The highest BCUT2D eigenvalue weighted by Crippen LogP contribution is 2.13. The molecule has 8 rings (SSSR count). The van der Waals surface area contributed by atoms with E-state index in [-0.39, 0.29) is 14.9 Å². The third-order valence-electron chi connectivity index (χ3n) is 6.06. The molecular weight excluding hydrogens is 753 g/mol. The van der Waals surface area contributed by atoms with Gasteiger partial charge in [0.05, 0.1) is 22.1 Å². The van der Waals surface area contributed by atoms with Crippen molar-refractivity contribution < 1.29 is 0 Å². The van der Waals surface area contributed by atoms with Crippen LogP contribution in [0.3, 0.4) is 0 Å². The number of benzene rings is 5. The van der Waals surface area contributed by atoms with Gasteiger partial charge < -0.3 is 0 Å². The smallest absolute Gasteiger partial charge is 0.0886 e. The lowest BCUT2D eigenvalue weighted by atomic mass is 10.0. The summed E-state index contributed by atoms with van der Waals surface area (Å²) in [4.78, 5) is 16.6. The molecule has 0 aliphatic heterocycles. The molecule has 4 nitrogen and oxygen atoms in total. The van der Waals surface area contributed by atoms with Crippen LogP contribution in [0.2, 0.25) is 0 Å². The number of pyridine rings is 2. The quantitative estimate of drug-likeness (QED) is 0.153. The van der Waals surface area contributed by atoms with Gasteiger partial charge in [0, 0.05) is 35.6 Å². The van der Waals surface area contributed by atoms with Gasteiger partial charge >= 0.3 is 0 Å². The van der Waals surface area contributed by atoms with Crippen LogP contribution in [0.15, 0.2) is 170 Å². The normalized spacial score (nSPS) is 10.3. The molecule has 0 atom stereocenters. The minimum Gasteiger partial charge on any atom is -0.256 e. The Bertz CT molecular complexity index is 1700. The molecule has 0 fully saturated rings. The fraction of sp³-hybridized carbons (Fsp3) is 0.379. The third kappa shape index (κ3) is 35.3. The summed E-state index contributed by atoms with van der Waals surface area (Å²) in [6.45, 7) is 35.0. The Morgan fingerprint density at radius 3 is 0.645 bits per heavy atom. The summed E-state index contributed by atoms with van der Waals surface area (Å²) in [6, 6.07) is 48.7. The van der Waals surface area contributed by atoms with Crippen LogP contribution in [0.1, 0.15) is 126 Å². The van der Waals surface area contributed by atoms with Crippen LogP contribution in [0.25, 0.3) is 43.6 Å². The van der Waals surface area contributed by atoms with E-state index in [0.717, 1.165) is 22.1 Å². The minimum absolute atomic E-state index is 0. The summed E-state index contributed by atoms with van der Waals surface area (Å²) in [6.07, 6.45) is 7.01. The number of hydrogen-bond donors (Lipinski definition) is 0. The predicted octanol–water partition coefficient (Wildman–Crippen LogP) is 18.4. The van der Waals surface area contributed by atoms with Crippen LogP contribution in [0, 0.1) is 21.7 Å². The first-order valence-electron chi connectivity index (χ1n) is 21.1. The summed E-state index contributed by atoms with van der Waals surface area (Å²) in [5.74, 6) is 0. The van der Waals surface area contributed by atoms with Gasteiger partial charge in [-0.1, -0.05) is 235 Å². The molecule has 5 aromatic carbocycles. The van der Waals surface area contributed by atoms with E-state index in [4.69, 9.17) is 0 Å². The van der Waals surface area contributed by atoms with Crippen LogP contribution in [-0.4, -0.2) is 19.9 Å². The molecule has 0 aliphatic rings. The fourth-order valence-corrected chi connectivity index (χ4v) is 4.07. The van der Waals surface area contributed by atoms with Gasteiger partial charge in [0.1, 0.15) is 0 Å². The molecule has 0 aliphatic carbocycles. The lowest BCUT2D eigenvalue weighted by Gasteiger charge is -2.05. The Labute approximate surface area is 379 Å². The first-order chi connectivity index (χ1) is 27.9. The number of rotatable bonds is 0. The molecule has 3 aromatic heterocycles. The topological polar surface area (TPSA) is 51.6 Å². The van der Waals surface area contributed by atoms with Gasteiger partial charge in [-0.15, -0.1) is 0 Å². The average molecular weight is 837 g/mol. The molecule has 0 saturated carbocycles. The molecule has 0 amide bonds. The van der Waals surface area contributed by atoms with Gasteiger partial charge in [0.15, 0.2) is 0 Å². The van der Waals surface area contributed by atoms with Gasteiger partial charge in [-0.25, -0.2) is 0 Å². The summed E-state index contributed by atoms with van der Waals surface area (Å²) < 4.78 is 0. The molecule has 8 aromatic rings.